The molecule has 0 radical (unpaired) electrons. The number of carbonyl (C=O) groups excluding carboxylic acids is 1. The Morgan fingerprint density at radius 3 is 2.27 bits per heavy atom. The molecule has 5 heteroatoms. The predicted molar refractivity (Wildman–Crippen MR) is 52.2 cm³/mol. The molecule has 1 aromatic rings. The lowest BCUT2D eigenvalue weighted by Gasteiger charge is -2.19. The Balaban J connectivity index is 2.89. The molecule has 0 saturated carbocycles. The summed E-state index contributed by atoms with van der Waals surface area (Å²) in [7, 11) is 0. The van der Waals surface area contributed by atoms with Crippen LogP contribution in [0.15, 0.2) is 30.3 Å². The van der Waals surface area contributed by atoms with Gasteiger partial charge in [-0.1, -0.05) is 30.3 Å². The summed E-state index contributed by atoms with van der Waals surface area (Å²) >= 11 is 0. The summed E-state index contributed by atoms with van der Waals surface area (Å²) in [6.07, 6.45) is -0.819. The number of aliphatic carboxylic acids is 1. The van der Waals surface area contributed by atoms with Gasteiger partial charge in [0.2, 0.25) is 5.78 Å². The molecule has 80 valence electrons. The fourth-order valence-corrected chi connectivity index (χ4v) is 1.15. The summed E-state index contributed by atoms with van der Waals surface area (Å²) < 4.78 is 0. The van der Waals surface area contributed by atoms with Crippen LogP contribution in [0.1, 0.15) is 16.8 Å². The molecule has 0 aliphatic rings. The zero-order valence-corrected chi connectivity index (χ0v) is 7.88. The second-order valence-electron chi connectivity index (χ2n) is 3.19. The molecule has 0 spiro atoms. The first-order valence-electron chi connectivity index (χ1n) is 4.26. The number of nitrogens with two attached hydrogens (primary N) is 1. The Bertz CT molecular complexity index is 372. The Morgan fingerprint density at radius 2 is 1.80 bits per heavy atom. The molecular weight excluding hydrogens is 198 g/mol. The average Bonchev–Trinajstić information content (AvgIpc) is 2.16. The predicted octanol–water partition coefficient (Wildman–Crippen LogP) is -0.00870. The molecule has 0 amide bonds. The van der Waals surface area contributed by atoms with E-state index in [4.69, 9.17) is 10.8 Å². The van der Waals surface area contributed by atoms with E-state index in [0.717, 1.165) is 0 Å². The molecule has 0 heterocycles. The molecule has 0 fully saturated rings. The minimum Gasteiger partial charge on any atom is -0.481 e. The number of rotatable bonds is 4. The molecule has 1 aromatic carbocycles. The summed E-state index contributed by atoms with van der Waals surface area (Å²) in [6, 6.07) is 7.82. The highest BCUT2D eigenvalue weighted by molar-refractivity contribution is 6.03. The van der Waals surface area contributed by atoms with Gasteiger partial charge in [-0.3, -0.25) is 15.3 Å². The van der Waals surface area contributed by atoms with Crippen molar-refractivity contribution in [2.75, 3.05) is 0 Å². The summed E-state index contributed by atoms with van der Waals surface area (Å²) in [5, 5.41) is 17.9. The zero-order valence-electron chi connectivity index (χ0n) is 7.88. The van der Waals surface area contributed by atoms with Gasteiger partial charge in [0.25, 0.3) is 0 Å². The van der Waals surface area contributed by atoms with Crippen LogP contribution in [0, 0.1) is 0 Å². The van der Waals surface area contributed by atoms with Crippen LogP contribution in [0.3, 0.4) is 0 Å². The number of carbonyl (C=O) groups is 2. The van der Waals surface area contributed by atoms with Gasteiger partial charge < -0.3 is 10.2 Å². The lowest BCUT2D eigenvalue weighted by molar-refractivity contribution is -0.140. The highest BCUT2D eigenvalue weighted by atomic mass is 16.4. The van der Waals surface area contributed by atoms with Crippen molar-refractivity contribution in [2.24, 2.45) is 5.73 Å². The van der Waals surface area contributed by atoms with Crippen molar-refractivity contribution in [3.63, 3.8) is 0 Å². The smallest absolute Gasteiger partial charge is 0.308 e. The second kappa shape index (κ2) is 4.20. The second-order valence-corrected chi connectivity index (χ2v) is 3.19. The normalized spacial score (nSPS) is 14.3. The van der Waals surface area contributed by atoms with E-state index < -0.39 is 23.9 Å². The highest BCUT2D eigenvalue weighted by Crippen LogP contribution is 2.12. The van der Waals surface area contributed by atoms with E-state index in [1.165, 1.54) is 12.1 Å². The number of carboxylic acids is 1. The third kappa shape index (κ3) is 2.87. The highest BCUT2D eigenvalue weighted by Gasteiger charge is 2.34. The van der Waals surface area contributed by atoms with Crippen LogP contribution in [0.25, 0.3) is 0 Å². The molecule has 1 rings (SSSR count). The fourth-order valence-electron chi connectivity index (χ4n) is 1.15. The van der Waals surface area contributed by atoms with Crippen molar-refractivity contribution in [3.05, 3.63) is 35.9 Å². The first-order valence-corrected chi connectivity index (χ1v) is 4.26. The van der Waals surface area contributed by atoms with Crippen LogP contribution in [0.2, 0.25) is 0 Å². The first-order chi connectivity index (χ1) is 6.93. The molecule has 0 saturated heterocycles. The SMILES string of the molecule is NC(O)(CC(=O)O)C(=O)c1ccccc1. The maximum absolute atomic E-state index is 11.6. The van der Waals surface area contributed by atoms with Gasteiger partial charge in [-0.2, -0.15) is 0 Å². The Kier molecular flexibility index (Phi) is 3.18. The lowest BCUT2D eigenvalue weighted by atomic mass is 9.99. The number of hydrogen-bond acceptors (Lipinski definition) is 4. The summed E-state index contributed by atoms with van der Waals surface area (Å²) in [6.45, 7) is 0. The third-order valence-corrected chi connectivity index (χ3v) is 1.85. The molecule has 1 unspecified atom stereocenters. The minimum atomic E-state index is -2.35. The number of hydrogen-bond donors (Lipinski definition) is 3. The van der Waals surface area contributed by atoms with Gasteiger partial charge in [0.05, 0.1) is 6.42 Å². The van der Waals surface area contributed by atoms with Crippen LogP contribution in [0.5, 0.6) is 0 Å². The van der Waals surface area contributed by atoms with E-state index in [-0.39, 0.29) is 5.56 Å². The Labute approximate surface area is 86.1 Å². The van der Waals surface area contributed by atoms with Crippen LogP contribution in [-0.4, -0.2) is 27.7 Å². The molecule has 0 bridgehead atoms. The van der Waals surface area contributed by atoms with Gasteiger partial charge in [-0.05, 0) is 0 Å². The van der Waals surface area contributed by atoms with E-state index in [1.54, 1.807) is 18.2 Å². The third-order valence-electron chi connectivity index (χ3n) is 1.85. The molecule has 1 atom stereocenters. The van der Waals surface area contributed by atoms with E-state index >= 15 is 0 Å². The van der Waals surface area contributed by atoms with E-state index in [0.29, 0.717) is 0 Å². The van der Waals surface area contributed by atoms with Gasteiger partial charge in [-0.15, -0.1) is 0 Å². The Hall–Kier alpha value is -1.72. The number of carboxylic acid groups (broad SMARTS) is 1. The Morgan fingerprint density at radius 1 is 1.27 bits per heavy atom. The van der Waals surface area contributed by atoms with Gasteiger partial charge in [-0.25, -0.2) is 0 Å². The lowest BCUT2D eigenvalue weighted by Crippen LogP contribution is -2.49. The van der Waals surface area contributed by atoms with Gasteiger partial charge in [0.15, 0.2) is 5.72 Å². The first kappa shape index (κ1) is 11.4. The van der Waals surface area contributed by atoms with Crippen molar-refractivity contribution in [2.45, 2.75) is 12.1 Å². The average molecular weight is 209 g/mol. The maximum Gasteiger partial charge on any atom is 0.308 e. The quantitative estimate of drug-likeness (QED) is 0.478. The van der Waals surface area contributed by atoms with Crippen LogP contribution in [0.4, 0.5) is 0 Å². The summed E-state index contributed by atoms with van der Waals surface area (Å²) in [5.74, 6) is -2.13. The standard InChI is InChI=1S/C10H11NO4/c11-10(15,6-8(12)13)9(14)7-4-2-1-3-5-7/h1-5,15H,6,11H2,(H,12,13). The van der Waals surface area contributed by atoms with Crippen LogP contribution in [-0.2, 0) is 4.79 Å². The van der Waals surface area contributed by atoms with Crippen molar-refractivity contribution in [1.82, 2.24) is 0 Å². The number of ketones is 1. The number of Topliss-reactive ketones (excluding diaryl/α,β-unsaturated/α-hetero) is 1. The van der Waals surface area contributed by atoms with Gasteiger partial charge >= 0.3 is 5.97 Å². The summed E-state index contributed by atoms with van der Waals surface area (Å²) in [4.78, 5) is 21.9. The monoisotopic (exact) mass is 209 g/mol. The summed E-state index contributed by atoms with van der Waals surface area (Å²) in [5.41, 5.74) is 3.05. The molecule has 0 aromatic heterocycles. The van der Waals surface area contributed by atoms with E-state index in [2.05, 4.69) is 0 Å². The zero-order chi connectivity index (χ0) is 11.5. The number of benzene rings is 1. The van der Waals surface area contributed by atoms with E-state index in [9.17, 15) is 14.7 Å². The molecule has 15 heavy (non-hydrogen) atoms. The maximum atomic E-state index is 11.6. The van der Waals surface area contributed by atoms with Gasteiger partial charge in [0, 0.05) is 5.56 Å². The minimum absolute atomic E-state index is 0.184. The van der Waals surface area contributed by atoms with Crippen LogP contribution < -0.4 is 5.73 Å². The molecule has 5 nitrogen and oxygen atoms in total. The molecule has 0 aliphatic heterocycles. The topological polar surface area (TPSA) is 101 Å². The van der Waals surface area contributed by atoms with Crippen molar-refractivity contribution in [1.29, 1.82) is 0 Å². The van der Waals surface area contributed by atoms with Crippen molar-refractivity contribution < 1.29 is 19.8 Å². The molecule has 4 N–H and O–H groups in total. The van der Waals surface area contributed by atoms with Gasteiger partial charge in [0.1, 0.15) is 0 Å². The van der Waals surface area contributed by atoms with Crippen molar-refractivity contribution in [3.8, 4) is 0 Å². The van der Waals surface area contributed by atoms with Crippen LogP contribution >= 0.6 is 0 Å². The molecular formula is C10H11NO4. The molecule has 0 aliphatic carbocycles. The van der Waals surface area contributed by atoms with Crippen molar-refractivity contribution >= 4 is 11.8 Å². The fraction of sp³-hybridized carbons (Fsp3) is 0.200. The van der Waals surface area contributed by atoms with E-state index in [1.807, 2.05) is 0 Å². The largest absolute Gasteiger partial charge is 0.481 e. The number of aliphatic hydroxyl groups is 1.